The number of hydrogen-bond acceptors (Lipinski definition) is 4. The number of rotatable bonds is 5. The fourth-order valence-corrected chi connectivity index (χ4v) is 4.52. The summed E-state index contributed by atoms with van der Waals surface area (Å²) in [6.45, 7) is 0.632. The molecule has 2 aromatic rings. The summed E-state index contributed by atoms with van der Waals surface area (Å²) in [7, 11) is -1.79. The number of anilines is 1. The predicted octanol–water partition coefficient (Wildman–Crippen LogP) is 3.68. The van der Waals surface area contributed by atoms with E-state index in [1.54, 1.807) is 24.3 Å². The van der Waals surface area contributed by atoms with Crippen molar-refractivity contribution in [2.24, 2.45) is 0 Å². The Balaban J connectivity index is 2.28. The third-order valence-electron chi connectivity index (χ3n) is 2.47. The number of nitrogens with one attached hydrogen (secondary N) is 2. The van der Waals surface area contributed by atoms with Crippen LogP contribution in [0, 0.1) is 0 Å². The van der Waals surface area contributed by atoms with Gasteiger partial charge in [-0.1, -0.05) is 17.7 Å². The van der Waals surface area contributed by atoms with Crippen LogP contribution in [0.2, 0.25) is 5.02 Å². The summed E-state index contributed by atoms with van der Waals surface area (Å²) in [5.74, 6) is 0. The van der Waals surface area contributed by atoms with Crippen LogP contribution in [0.15, 0.2) is 38.3 Å². The molecule has 1 aromatic carbocycles. The quantitative estimate of drug-likeness (QED) is 0.812. The highest BCUT2D eigenvalue weighted by atomic mass is 79.9. The van der Waals surface area contributed by atoms with Crippen molar-refractivity contribution in [1.29, 1.82) is 0 Å². The smallest absolute Gasteiger partial charge is 0.271 e. The maximum absolute atomic E-state index is 12.3. The lowest BCUT2D eigenvalue weighted by Crippen LogP contribution is -2.12. The summed E-state index contributed by atoms with van der Waals surface area (Å²) in [5.41, 5.74) is 1.35. The molecule has 0 aliphatic rings. The molecule has 0 amide bonds. The van der Waals surface area contributed by atoms with Gasteiger partial charge in [0, 0.05) is 6.54 Å². The molecule has 8 heteroatoms. The predicted molar refractivity (Wildman–Crippen MR) is 87.0 cm³/mol. The van der Waals surface area contributed by atoms with E-state index in [2.05, 4.69) is 26.0 Å². The number of sulfonamides is 1. The number of halogens is 2. The molecule has 0 radical (unpaired) electrons. The fraction of sp³-hybridized carbons (Fsp3) is 0.167. The molecule has 0 atom stereocenters. The molecule has 108 valence electrons. The van der Waals surface area contributed by atoms with E-state index >= 15 is 0 Å². The first-order valence-corrected chi connectivity index (χ1v) is 9.16. The van der Waals surface area contributed by atoms with Crippen LogP contribution in [0.1, 0.15) is 5.56 Å². The standard InChI is InChI=1S/C12H12BrClN2O2S2/c1-15-6-8-5-11(19-7-8)20(17,18)16-10-4-2-3-9(14)12(10)13/h2-5,7,15-16H,6H2,1H3. The van der Waals surface area contributed by atoms with E-state index in [1.165, 1.54) is 11.3 Å². The zero-order chi connectivity index (χ0) is 14.8. The molecule has 4 nitrogen and oxygen atoms in total. The zero-order valence-corrected chi connectivity index (χ0v) is 14.5. The maximum Gasteiger partial charge on any atom is 0.271 e. The topological polar surface area (TPSA) is 58.2 Å². The van der Waals surface area contributed by atoms with Gasteiger partial charge in [-0.2, -0.15) is 0 Å². The number of thiophene rings is 1. The van der Waals surface area contributed by atoms with Crippen LogP contribution in [0.5, 0.6) is 0 Å². The summed E-state index contributed by atoms with van der Waals surface area (Å²) in [6, 6.07) is 6.67. The van der Waals surface area contributed by atoms with E-state index < -0.39 is 10.0 Å². The van der Waals surface area contributed by atoms with Gasteiger partial charge in [0.1, 0.15) is 4.21 Å². The first-order chi connectivity index (χ1) is 9.44. The molecule has 0 aliphatic heterocycles. The molecule has 1 heterocycles. The monoisotopic (exact) mass is 394 g/mol. The lowest BCUT2D eigenvalue weighted by molar-refractivity contribution is 0.603. The summed E-state index contributed by atoms with van der Waals surface area (Å²) in [5, 5.41) is 5.25. The Morgan fingerprint density at radius 3 is 2.85 bits per heavy atom. The molecule has 0 bridgehead atoms. The summed E-state index contributed by atoms with van der Waals surface area (Å²) < 4.78 is 27.9. The third-order valence-corrected chi connectivity index (χ3v) is 6.72. The van der Waals surface area contributed by atoms with Gasteiger partial charge in [-0.3, -0.25) is 4.72 Å². The second-order valence-electron chi connectivity index (χ2n) is 4.01. The fourth-order valence-electron chi connectivity index (χ4n) is 1.57. The molecule has 0 aliphatic carbocycles. The van der Waals surface area contributed by atoms with Crippen LogP contribution in [0.3, 0.4) is 0 Å². The van der Waals surface area contributed by atoms with Crippen molar-refractivity contribution in [2.75, 3.05) is 11.8 Å². The third kappa shape index (κ3) is 3.53. The van der Waals surface area contributed by atoms with E-state index in [1.807, 2.05) is 12.4 Å². The SMILES string of the molecule is CNCc1csc(S(=O)(=O)Nc2cccc(Cl)c2Br)c1. The molecule has 0 unspecified atom stereocenters. The summed E-state index contributed by atoms with van der Waals surface area (Å²) >= 11 is 10.4. The van der Waals surface area contributed by atoms with Gasteiger partial charge in [-0.25, -0.2) is 8.42 Å². The minimum absolute atomic E-state index is 0.273. The van der Waals surface area contributed by atoms with Crippen molar-refractivity contribution in [3.05, 3.63) is 44.7 Å². The molecule has 0 spiro atoms. The van der Waals surface area contributed by atoms with Crippen molar-refractivity contribution in [3.8, 4) is 0 Å². The zero-order valence-electron chi connectivity index (χ0n) is 10.5. The highest BCUT2D eigenvalue weighted by molar-refractivity contribution is 9.10. The Bertz CT molecular complexity index is 716. The van der Waals surface area contributed by atoms with Gasteiger partial charge >= 0.3 is 0 Å². The highest BCUT2D eigenvalue weighted by Crippen LogP contribution is 2.32. The summed E-state index contributed by atoms with van der Waals surface area (Å²) in [6.07, 6.45) is 0. The van der Waals surface area contributed by atoms with Gasteiger partial charge < -0.3 is 5.32 Å². The molecule has 0 saturated heterocycles. The molecule has 0 fully saturated rings. The average molecular weight is 396 g/mol. The van der Waals surface area contributed by atoms with Crippen molar-refractivity contribution in [3.63, 3.8) is 0 Å². The van der Waals surface area contributed by atoms with Crippen molar-refractivity contribution in [1.82, 2.24) is 5.32 Å². The highest BCUT2D eigenvalue weighted by Gasteiger charge is 2.18. The van der Waals surface area contributed by atoms with Gasteiger partial charge in [0.15, 0.2) is 0 Å². The van der Waals surface area contributed by atoms with E-state index in [-0.39, 0.29) is 4.21 Å². The normalized spacial score (nSPS) is 11.6. The Hall–Kier alpha value is -0.600. The van der Waals surface area contributed by atoms with Crippen LogP contribution in [-0.4, -0.2) is 15.5 Å². The molecule has 2 rings (SSSR count). The van der Waals surface area contributed by atoms with Gasteiger partial charge in [0.2, 0.25) is 0 Å². The van der Waals surface area contributed by atoms with Crippen LogP contribution < -0.4 is 10.0 Å². The van der Waals surface area contributed by atoms with Crippen molar-refractivity contribution in [2.45, 2.75) is 10.8 Å². The molecule has 2 N–H and O–H groups in total. The van der Waals surface area contributed by atoms with Gasteiger partial charge in [0.25, 0.3) is 10.0 Å². The van der Waals surface area contributed by atoms with Crippen LogP contribution in [0.4, 0.5) is 5.69 Å². The van der Waals surface area contributed by atoms with E-state index in [0.29, 0.717) is 21.7 Å². The van der Waals surface area contributed by atoms with Gasteiger partial charge in [-0.05, 0) is 52.1 Å². The number of hydrogen-bond donors (Lipinski definition) is 2. The minimum atomic E-state index is -3.60. The Morgan fingerprint density at radius 2 is 2.15 bits per heavy atom. The van der Waals surface area contributed by atoms with E-state index in [4.69, 9.17) is 11.6 Å². The number of benzene rings is 1. The average Bonchev–Trinajstić information content (AvgIpc) is 2.85. The van der Waals surface area contributed by atoms with Crippen molar-refractivity contribution < 1.29 is 8.42 Å². The molecular weight excluding hydrogens is 384 g/mol. The Morgan fingerprint density at radius 1 is 1.40 bits per heavy atom. The van der Waals surface area contributed by atoms with Crippen LogP contribution in [0.25, 0.3) is 0 Å². The molecule has 20 heavy (non-hydrogen) atoms. The maximum atomic E-state index is 12.3. The first kappa shape index (κ1) is 15.8. The lowest BCUT2D eigenvalue weighted by Gasteiger charge is -2.09. The molecule has 0 saturated carbocycles. The molecular formula is C12H12BrClN2O2S2. The van der Waals surface area contributed by atoms with Crippen molar-refractivity contribution >= 4 is 54.6 Å². The van der Waals surface area contributed by atoms with Crippen LogP contribution in [-0.2, 0) is 16.6 Å². The summed E-state index contributed by atoms with van der Waals surface area (Å²) in [4.78, 5) is 0. The van der Waals surface area contributed by atoms with E-state index in [9.17, 15) is 8.42 Å². The Labute approximate surface area is 135 Å². The second kappa shape index (κ2) is 6.44. The van der Waals surface area contributed by atoms with Crippen LogP contribution >= 0.6 is 38.9 Å². The van der Waals surface area contributed by atoms with E-state index in [0.717, 1.165) is 5.56 Å². The molecule has 1 aromatic heterocycles. The second-order valence-corrected chi connectivity index (χ2v) is 8.03. The van der Waals surface area contributed by atoms with Gasteiger partial charge in [-0.15, -0.1) is 11.3 Å². The minimum Gasteiger partial charge on any atom is -0.316 e. The lowest BCUT2D eigenvalue weighted by atomic mass is 10.3. The van der Waals surface area contributed by atoms with Gasteiger partial charge in [0.05, 0.1) is 15.2 Å². The largest absolute Gasteiger partial charge is 0.316 e. The Kier molecular flexibility index (Phi) is 5.09. The first-order valence-electron chi connectivity index (χ1n) is 5.63.